The minimum absolute atomic E-state index is 0.212. The van der Waals surface area contributed by atoms with Crippen LogP contribution in [0, 0.1) is 6.92 Å². The van der Waals surface area contributed by atoms with Crippen molar-refractivity contribution in [3.05, 3.63) is 47.1 Å². The van der Waals surface area contributed by atoms with E-state index in [1.54, 1.807) is 20.2 Å². The zero-order valence-corrected chi connectivity index (χ0v) is 22.5. The van der Waals surface area contributed by atoms with Gasteiger partial charge in [0, 0.05) is 38.8 Å². The van der Waals surface area contributed by atoms with Crippen LogP contribution in [0.2, 0.25) is 0 Å². The van der Waals surface area contributed by atoms with E-state index >= 15 is 0 Å². The molecule has 0 spiro atoms. The maximum atomic E-state index is 5.99. The molecule has 6 heterocycles. The first-order valence-corrected chi connectivity index (χ1v) is 13.7. The molecular weight excluding hydrogens is 498 g/mol. The van der Waals surface area contributed by atoms with Crippen molar-refractivity contribution in [2.45, 2.75) is 64.0 Å². The van der Waals surface area contributed by atoms with Crippen LogP contribution in [0.1, 0.15) is 60.3 Å². The second-order valence-electron chi connectivity index (χ2n) is 10.4. The molecule has 39 heavy (non-hydrogen) atoms. The molecule has 6 rings (SSSR count). The number of rotatable bonds is 8. The summed E-state index contributed by atoms with van der Waals surface area (Å²) in [5.41, 5.74) is 10.3. The number of hydrogen-bond acceptors (Lipinski definition) is 11. The third-order valence-corrected chi connectivity index (χ3v) is 7.91. The van der Waals surface area contributed by atoms with E-state index in [0.717, 1.165) is 74.6 Å². The average molecular weight is 534 g/mol. The Bertz CT molecular complexity index is 1420. The molecule has 0 radical (unpaired) electrons. The molecule has 12 nitrogen and oxygen atoms in total. The molecule has 2 fully saturated rings. The van der Waals surface area contributed by atoms with E-state index in [9.17, 15) is 0 Å². The average Bonchev–Trinajstić information content (AvgIpc) is 3.58. The van der Waals surface area contributed by atoms with Crippen LogP contribution in [0.4, 0.5) is 5.95 Å². The molecule has 0 aliphatic carbocycles. The van der Waals surface area contributed by atoms with Crippen molar-refractivity contribution in [2.24, 2.45) is 0 Å². The summed E-state index contributed by atoms with van der Waals surface area (Å²) in [5, 5.41) is 8.58. The summed E-state index contributed by atoms with van der Waals surface area (Å²) in [6.07, 6.45) is 9.41. The molecule has 0 atom stereocenters. The molecule has 2 aliphatic rings. The summed E-state index contributed by atoms with van der Waals surface area (Å²) < 4.78 is 18.3. The highest BCUT2D eigenvalue weighted by Gasteiger charge is 2.28. The minimum atomic E-state index is 0.212. The van der Waals surface area contributed by atoms with Crippen molar-refractivity contribution in [3.8, 4) is 5.75 Å². The fraction of sp³-hybridized carbons (Fsp3) is 0.556. The first-order valence-electron chi connectivity index (χ1n) is 13.7. The molecule has 0 aromatic carbocycles. The van der Waals surface area contributed by atoms with Crippen LogP contribution in [-0.4, -0.2) is 79.2 Å². The Balaban J connectivity index is 1.18. The number of nitrogens with two attached hydrogens (primary N) is 1. The Labute approximate surface area is 226 Å². The first kappa shape index (κ1) is 25.6. The maximum absolute atomic E-state index is 5.99. The van der Waals surface area contributed by atoms with E-state index in [1.807, 2.05) is 10.9 Å². The minimum Gasteiger partial charge on any atom is -0.495 e. The number of nitrogens with zero attached hydrogens (tertiary/aromatic N) is 8. The number of aromatic nitrogens is 7. The first-order chi connectivity index (χ1) is 19.1. The van der Waals surface area contributed by atoms with Crippen LogP contribution in [0.5, 0.6) is 5.75 Å². The Morgan fingerprint density at radius 2 is 1.85 bits per heavy atom. The topological polar surface area (TPSA) is 143 Å². The highest BCUT2D eigenvalue weighted by Crippen LogP contribution is 2.33. The molecular formula is C27H35N9O3. The van der Waals surface area contributed by atoms with Gasteiger partial charge < -0.3 is 24.6 Å². The van der Waals surface area contributed by atoms with Crippen LogP contribution in [0.15, 0.2) is 23.0 Å². The summed E-state index contributed by atoms with van der Waals surface area (Å²) >= 11 is 0. The Morgan fingerprint density at radius 1 is 1.03 bits per heavy atom. The van der Waals surface area contributed by atoms with Crippen molar-refractivity contribution in [1.82, 2.24) is 39.8 Å². The molecule has 0 saturated carbocycles. The van der Waals surface area contributed by atoms with Crippen LogP contribution < -0.4 is 10.5 Å². The summed E-state index contributed by atoms with van der Waals surface area (Å²) in [6, 6.07) is 2.82. The second-order valence-corrected chi connectivity index (χ2v) is 10.4. The van der Waals surface area contributed by atoms with E-state index < -0.39 is 0 Å². The van der Waals surface area contributed by atoms with Gasteiger partial charge in [-0.1, -0.05) is 5.16 Å². The number of anilines is 1. The predicted molar refractivity (Wildman–Crippen MR) is 143 cm³/mol. The van der Waals surface area contributed by atoms with E-state index in [4.69, 9.17) is 24.7 Å². The smallest absolute Gasteiger partial charge is 0.223 e. The van der Waals surface area contributed by atoms with Gasteiger partial charge in [0.05, 0.1) is 25.5 Å². The van der Waals surface area contributed by atoms with Crippen molar-refractivity contribution in [1.29, 1.82) is 0 Å². The van der Waals surface area contributed by atoms with Gasteiger partial charge in [-0.25, -0.2) is 9.97 Å². The molecule has 0 bridgehead atoms. The molecule has 206 valence electrons. The fourth-order valence-electron chi connectivity index (χ4n) is 5.86. The third kappa shape index (κ3) is 5.57. The van der Waals surface area contributed by atoms with Gasteiger partial charge in [-0.2, -0.15) is 10.1 Å². The van der Waals surface area contributed by atoms with E-state index in [0.29, 0.717) is 48.6 Å². The summed E-state index contributed by atoms with van der Waals surface area (Å²) in [5.74, 6) is 2.63. The number of nitrogen functional groups attached to an aromatic ring is 1. The number of methoxy groups -OCH3 is 1. The highest BCUT2D eigenvalue weighted by molar-refractivity contribution is 5.77. The van der Waals surface area contributed by atoms with Crippen molar-refractivity contribution < 1.29 is 14.0 Å². The summed E-state index contributed by atoms with van der Waals surface area (Å²) in [4.78, 5) is 20.7. The highest BCUT2D eigenvalue weighted by atomic mass is 16.5. The third-order valence-electron chi connectivity index (χ3n) is 7.91. The largest absolute Gasteiger partial charge is 0.495 e. The standard InChI is InChI=1S/C27H35N9O3/c1-17-31-25(34-39-17)4-3-21-26-22(33-27(28)32-21)15-30-36(26)16-23-24(37-2)13-19(14-29-23)18-5-9-35(10-6-18)20-7-11-38-12-8-20/h13-15,18,20H,3-12,16H2,1-2H3,(H2,28,32,33). The number of ether oxygens (including phenoxy) is 2. The number of piperidine rings is 1. The molecule has 0 unspecified atom stereocenters. The van der Waals surface area contributed by atoms with Crippen LogP contribution in [0.3, 0.4) is 0 Å². The molecule has 4 aromatic rings. The Hall–Kier alpha value is -3.64. The van der Waals surface area contributed by atoms with E-state index in [-0.39, 0.29) is 5.95 Å². The van der Waals surface area contributed by atoms with E-state index in [2.05, 4.69) is 36.2 Å². The van der Waals surface area contributed by atoms with Gasteiger partial charge in [-0.15, -0.1) is 0 Å². The van der Waals surface area contributed by atoms with Gasteiger partial charge in [0.2, 0.25) is 11.8 Å². The number of likely N-dealkylation sites (tertiary alicyclic amines) is 1. The fourth-order valence-corrected chi connectivity index (χ4v) is 5.86. The monoisotopic (exact) mass is 533 g/mol. The Morgan fingerprint density at radius 3 is 2.59 bits per heavy atom. The molecule has 12 heteroatoms. The molecule has 4 aromatic heterocycles. The normalized spacial score (nSPS) is 17.7. The lowest BCUT2D eigenvalue weighted by molar-refractivity contribution is 0.0251. The summed E-state index contributed by atoms with van der Waals surface area (Å²) in [6.45, 7) is 6.21. The van der Waals surface area contributed by atoms with Crippen LogP contribution in [-0.2, 0) is 24.1 Å². The van der Waals surface area contributed by atoms with Gasteiger partial charge in [0.25, 0.3) is 0 Å². The van der Waals surface area contributed by atoms with Gasteiger partial charge in [-0.3, -0.25) is 9.67 Å². The zero-order valence-electron chi connectivity index (χ0n) is 22.5. The maximum Gasteiger partial charge on any atom is 0.223 e. The lowest BCUT2D eigenvalue weighted by atomic mass is 9.89. The predicted octanol–water partition coefficient (Wildman–Crippen LogP) is 2.70. The number of fused-ring (bicyclic) bond motifs is 1. The van der Waals surface area contributed by atoms with Crippen molar-refractivity contribution in [2.75, 3.05) is 39.1 Å². The molecule has 2 saturated heterocycles. The van der Waals surface area contributed by atoms with Crippen molar-refractivity contribution in [3.63, 3.8) is 0 Å². The van der Waals surface area contributed by atoms with E-state index in [1.165, 1.54) is 5.56 Å². The lowest BCUT2D eigenvalue weighted by Crippen LogP contribution is -2.43. The van der Waals surface area contributed by atoms with Crippen molar-refractivity contribution >= 4 is 17.0 Å². The van der Waals surface area contributed by atoms with Gasteiger partial charge in [0.1, 0.15) is 22.5 Å². The molecule has 2 aliphatic heterocycles. The number of hydrogen-bond donors (Lipinski definition) is 1. The van der Waals surface area contributed by atoms with Gasteiger partial charge in [-0.05, 0) is 62.7 Å². The molecule has 2 N–H and O–H groups in total. The SMILES string of the molecule is COc1cc(C2CCN(C3CCOCC3)CC2)cnc1Cn1ncc2nc(N)nc(CCc3noc(C)n3)c21. The quantitative estimate of drug-likeness (QED) is 0.357. The lowest BCUT2D eigenvalue weighted by Gasteiger charge is -2.39. The molecule has 0 amide bonds. The van der Waals surface area contributed by atoms with Gasteiger partial charge >= 0.3 is 0 Å². The van der Waals surface area contributed by atoms with Crippen LogP contribution in [0.25, 0.3) is 11.0 Å². The zero-order chi connectivity index (χ0) is 26.8. The van der Waals surface area contributed by atoms with Gasteiger partial charge in [0.15, 0.2) is 5.82 Å². The Kier molecular flexibility index (Phi) is 7.38. The summed E-state index contributed by atoms with van der Waals surface area (Å²) in [7, 11) is 1.70. The van der Waals surface area contributed by atoms with Crippen LogP contribution >= 0.6 is 0 Å². The number of aryl methyl sites for hydroxylation is 3. The second kappa shape index (κ2) is 11.2. The number of pyridine rings is 1.